The zero-order valence-electron chi connectivity index (χ0n) is 10.5. The van der Waals surface area contributed by atoms with Crippen LogP contribution in [0.2, 0.25) is 0 Å². The Morgan fingerprint density at radius 2 is 2.17 bits per heavy atom. The van der Waals surface area contributed by atoms with Crippen LogP contribution in [0.5, 0.6) is 0 Å². The standard InChI is InChI=1S/C13H17N5/c1-18(8-5-11-3-2-6-15-9-11)10-13-16-7-4-12(14)17-13/h2-4,6-7,9H,5,8,10H2,1H3,(H2,14,16,17). The normalized spacial score (nSPS) is 10.8. The van der Waals surface area contributed by atoms with Gasteiger partial charge in [-0.25, -0.2) is 9.97 Å². The summed E-state index contributed by atoms with van der Waals surface area (Å²) in [7, 11) is 2.04. The molecule has 0 aromatic carbocycles. The van der Waals surface area contributed by atoms with Crippen molar-refractivity contribution in [2.45, 2.75) is 13.0 Å². The summed E-state index contributed by atoms with van der Waals surface area (Å²) in [5, 5.41) is 0. The predicted octanol–water partition coefficient (Wildman–Crippen LogP) is 1.13. The third kappa shape index (κ3) is 3.78. The van der Waals surface area contributed by atoms with Gasteiger partial charge < -0.3 is 5.73 Å². The second kappa shape index (κ2) is 6.07. The summed E-state index contributed by atoms with van der Waals surface area (Å²) < 4.78 is 0. The van der Waals surface area contributed by atoms with Gasteiger partial charge in [-0.15, -0.1) is 0 Å². The number of nitrogens with two attached hydrogens (primary N) is 1. The fourth-order valence-electron chi connectivity index (χ4n) is 1.68. The Balaban J connectivity index is 1.84. The number of pyridine rings is 1. The lowest BCUT2D eigenvalue weighted by Gasteiger charge is -2.15. The van der Waals surface area contributed by atoms with Crippen LogP contribution in [0.1, 0.15) is 11.4 Å². The van der Waals surface area contributed by atoms with E-state index in [0.29, 0.717) is 12.4 Å². The SMILES string of the molecule is CN(CCc1cccnc1)Cc1nccc(N)n1. The molecule has 0 bridgehead atoms. The number of rotatable bonds is 5. The summed E-state index contributed by atoms with van der Waals surface area (Å²) in [5.41, 5.74) is 6.86. The molecule has 18 heavy (non-hydrogen) atoms. The van der Waals surface area contributed by atoms with E-state index in [1.165, 1.54) is 5.56 Å². The Kier molecular flexibility index (Phi) is 4.20. The van der Waals surface area contributed by atoms with Crippen LogP contribution in [-0.2, 0) is 13.0 Å². The molecule has 0 saturated carbocycles. The summed E-state index contributed by atoms with van der Waals surface area (Å²) in [4.78, 5) is 14.6. The number of nitrogen functional groups attached to an aromatic ring is 1. The van der Waals surface area contributed by atoms with Crippen LogP contribution in [-0.4, -0.2) is 33.4 Å². The number of anilines is 1. The molecule has 94 valence electrons. The molecule has 5 nitrogen and oxygen atoms in total. The molecule has 0 radical (unpaired) electrons. The van der Waals surface area contributed by atoms with Crippen molar-refractivity contribution in [3.05, 3.63) is 48.2 Å². The van der Waals surface area contributed by atoms with Gasteiger partial charge in [0.25, 0.3) is 0 Å². The van der Waals surface area contributed by atoms with Crippen LogP contribution in [0.3, 0.4) is 0 Å². The molecule has 2 aromatic rings. The molecule has 0 atom stereocenters. The summed E-state index contributed by atoms with van der Waals surface area (Å²) >= 11 is 0. The molecule has 0 fully saturated rings. The van der Waals surface area contributed by atoms with Gasteiger partial charge in [-0.1, -0.05) is 6.07 Å². The lowest BCUT2D eigenvalue weighted by molar-refractivity contribution is 0.322. The van der Waals surface area contributed by atoms with Crippen LogP contribution < -0.4 is 5.73 Å². The van der Waals surface area contributed by atoms with Gasteiger partial charge in [-0.2, -0.15) is 0 Å². The summed E-state index contributed by atoms with van der Waals surface area (Å²) in [6.45, 7) is 1.63. The second-order valence-corrected chi connectivity index (χ2v) is 4.25. The summed E-state index contributed by atoms with van der Waals surface area (Å²) in [5.74, 6) is 1.27. The largest absolute Gasteiger partial charge is 0.384 e. The van der Waals surface area contributed by atoms with E-state index in [9.17, 15) is 0 Å². The van der Waals surface area contributed by atoms with Gasteiger partial charge in [0.15, 0.2) is 0 Å². The Bertz CT molecular complexity index is 486. The molecule has 2 heterocycles. The number of aromatic nitrogens is 3. The zero-order valence-corrected chi connectivity index (χ0v) is 10.5. The van der Waals surface area contributed by atoms with E-state index in [1.807, 2.05) is 19.3 Å². The average Bonchev–Trinajstić information content (AvgIpc) is 2.38. The molecule has 2 aromatic heterocycles. The van der Waals surface area contributed by atoms with Crippen molar-refractivity contribution in [2.24, 2.45) is 0 Å². The maximum Gasteiger partial charge on any atom is 0.144 e. The monoisotopic (exact) mass is 243 g/mol. The first-order chi connectivity index (χ1) is 8.74. The van der Waals surface area contributed by atoms with Crippen molar-refractivity contribution in [1.82, 2.24) is 19.9 Å². The van der Waals surface area contributed by atoms with Crippen molar-refractivity contribution in [3.63, 3.8) is 0 Å². The Hall–Kier alpha value is -2.01. The van der Waals surface area contributed by atoms with E-state index in [1.54, 1.807) is 18.5 Å². The van der Waals surface area contributed by atoms with E-state index in [0.717, 1.165) is 18.8 Å². The third-order valence-corrected chi connectivity index (χ3v) is 2.64. The minimum atomic E-state index is 0.514. The minimum Gasteiger partial charge on any atom is -0.384 e. The van der Waals surface area contributed by atoms with Crippen LogP contribution in [0.4, 0.5) is 5.82 Å². The quantitative estimate of drug-likeness (QED) is 0.852. The molecule has 0 aliphatic rings. The molecule has 0 aliphatic carbocycles. The van der Waals surface area contributed by atoms with Gasteiger partial charge in [0.05, 0.1) is 6.54 Å². The highest BCUT2D eigenvalue weighted by Crippen LogP contribution is 2.02. The van der Waals surface area contributed by atoms with Crippen molar-refractivity contribution < 1.29 is 0 Å². The third-order valence-electron chi connectivity index (χ3n) is 2.64. The van der Waals surface area contributed by atoms with Crippen LogP contribution in [0, 0.1) is 0 Å². The summed E-state index contributed by atoms with van der Waals surface area (Å²) in [6.07, 6.45) is 6.33. The van der Waals surface area contributed by atoms with Gasteiger partial charge >= 0.3 is 0 Å². The molecule has 0 unspecified atom stereocenters. The molecule has 5 heteroatoms. The smallest absolute Gasteiger partial charge is 0.144 e. The lowest BCUT2D eigenvalue weighted by Crippen LogP contribution is -2.22. The first kappa shape index (κ1) is 12.4. The van der Waals surface area contributed by atoms with Crippen molar-refractivity contribution in [2.75, 3.05) is 19.3 Å². The van der Waals surface area contributed by atoms with Gasteiger partial charge in [0.2, 0.25) is 0 Å². The van der Waals surface area contributed by atoms with Crippen molar-refractivity contribution in [3.8, 4) is 0 Å². The highest BCUT2D eigenvalue weighted by Gasteiger charge is 2.03. The van der Waals surface area contributed by atoms with Gasteiger partial charge in [0.1, 0.15) is 11.6 Å². The molecular weight excluding hydrogens is 226 g/mol. The van der Waals surface area contributed by atoms with Crippen molar-refractivity contribution in [1.29, 1.82) is 0 Å². The molecular formula is C13H17N5. The first-order valence-electron chi connectivity index (χ1n) is 5.89. The fourth-order valence-corrected chi connectivity index (χ4v) is 1.68. The molecule has 0 aliphatic heterocycles. The number of likely N-dealkylation sites (N-methyl/N-ethyl adjacent to an activating group) is 1. The van der Waals surface area contributed by atoms with Crippen LogP contribution in [0.15, 0.2) is 36.8 Å². The van der Waals surface area contributed by atoms with Crippen molar-refractivity contribution >= 4 is 5.82 Å². The molecule has 0 saturated heterocycles. The zero-order chi connectivity index (χ0) is 12.8. The maximum atomic E-state index is 5.62. The predicted molar refractivity (Wildman–Crippen MR) is 70.7 cm³/mol. The topological polar surface area (TPSA) is 67.9 Å². The Morgan fingerprint density at radius 1 is 1.28 bits per heavy atom. The van der Waals surface area contributed by atoms with E-state index in [-0.39, 0.29) is 0 Å². The lowest BCUT2D eigenvalue weighted by atomic mass is 10.2. The first-order valence-corrected chi connectivity index (χ1v) is 5.89. The highest BCUT2D eigenvalue weighted by atomic mass is 15.1. The second-order valence-electron chi connectivity index (χ2n) is 4.25. The summed E-state index contributed by atoms with van der Waals surface area (Å²) in [6, 6.07) is 5.73. The van der Waals surface area contributed by atoms with E-state index >= 15 is 0 Å². The minimum absolute atomic E-state index is 0.514. The maximum absolute atomic E-state index is 5.62. The number of hydrogen-bond acceptors (Lipinski definition) is 5. The Morgan fingerprint density at radius 3 is 2.89 bits per heavy atom. The number of nitrogens with zero attached hydrogens (tertiary/aromatic N) is 4. The van der Waals surface area contributed by atoms with E-state index in [4.69, 9.17) is 5.73 Å². The van der Waals surface area contributed by atoms with E-state index in [2.05, 4.69) is 25.9 Å². The molecule has 0 spiro atoms. The fraction of sp³-hybridized carbons (Fsp3) is 0.308. The molecule has 2 N–H and O–H groups in total. The molecule has 0 amide bonds. The average molecular weight is 243 g/mol. The van der Waals surface area contributed by atoms with Gasteiger partial charge in [0, 0.05) is 25.1 Å². The highest BCUT2D eigenvalue weighted by molar-refractivity contribution is 5.24. The van der Waals surface area contributed by atoms with E-state index < -0.39 is 0 Å². The molecule has 2 rings (SSSR count). The van der Waals surface area contributed by atoms with Crippen LogP contribution >= 0.6 is 0 Å². The van der Waals surface area contributed by atoms with Crippen LogP contribution in [0.25, 0.3) is 0 Å². The van der Waals surface area contributed by atoms with Gasteiger partial charge in [-0.05, 0) is 31.2 Å². The van der Waals surface area contributed by atoms with Gasteiger partial charge in [-0.3, -0.25) is 9.88 Å². The number of hydrogen-bond donors (Lipinski definition) is 1. The Labute approximate surface area is 107 Å².